The van der Waals surface area contributed by atoms with Crippen LogP contribution in [0.25, 0.3) is 11.1 Å². The normalized spacial score (nSPS) is 11.7. The average Bonchev–Trinajstić information content (AvgIpc) is 2.79. The summed E-state index contributed by atoms with van der Waals surface area (Å²) in [5.74, 6) is -0.717. The Labute approximate surface area is 126 Å². The highest BCUT2D eigenvalue weighted by Crippen LogP contribution is 2.45. The SMILES string of the molecule is O=C1c2cc([N+](=O)[O-])ccc2-c2c1cc([N+](=O)[O-])cc2[15N+](=O)[O-]. The van der Waals surface area contributed by atoms with Gasteiger partial charge in [-0.25, -0.2) is 0 Å². The maximum Gasteiger partial charge on any atom is 0.284 e. The second kappa shape index (κ2) is 4.66. The fourth-order valence-corrected chi connectivity index (χ4v) is 2.52. The van der Waals surface area contributed by atoms with Crippen molar-refractivity contribution in [3.8, 4) is 11.1 Å². The predicted octanol–water partition coefficient (Wildman–Crippen LogP) is 2.62. The number of nitrogens with zero attached hydrogens (tertiary/aromatic N) is 3. The van der Waals surface area contributed by atoms with Crippen molar-refractivity contribution in [2.24, 2.45) is 0 Å². The van der Waals surface area contributed by atoms with Gasteiger partial charge in [0, 0.05) is 34.9 Å². The van der Waals surface area contributed by atoms with E-state index >= 15 is 0 Å². The third-order valence-corrected chi connectivity index (χ3v) is 3.48. The van der Waals surface area contributed by atoms with Crippen LogP contribution < -0.4 is 0 Å². The third-order valence-electron chi connectivity index (χ3n) is 3.48. The number of nitro groups is 3. The van der Waals surface area contributed by atoms with Gasteiger partial charge in [0.05, 0.1) is 26.4 Å². The minimum absolute atomic E-state index is 0.0597. The molecule has 2 aromatic carbocycles. The van der Waals surface area contributed by atoms with Crippen molar-refractivity contribution < 1.29 is 19.6 Å². The van der Waals surface area contributed by atoms with E-state index in [1.807, 2.05) is 0 Å². The maximum absolute atomic E-state index is 12.3. The molecule has 0 unspecified atom stereocenters. The molecular weight excluding hydrogens is 311 g/mol. The van der Waals surface area contributed by atoms with E-state index < -0.39 is 31.9 Å². The lowest BCUT2D eigenvalue weighted by Crippen LogP contribution is -2.00. The van der Waals surface area contributed by atoms with Gasteiger partial charge >= 0.3 is 0 Å². The van der Waals surface area contributed by atoms with Gasteiger partial charge in [-0.15, -0.1) is 0 Å². The third kappa shape index (κ3) is 2.00. The number of benzene rings is 2. The molecule has 0 heterocycles. The van der Waals surface area contributed by atoms with Crippen LogP contribution in [0.15, 0.2) is 30.3 Å². The Kier molecular flexibility index (Phi) is 2.89. The molecule has 0 fully saturated rings. The van der Waals surface area contributed by atoms with Crippen molar-refractivity contribution in [2.75, 3.05) is 0 Å². The Morgan fingerprint density at radius 2 is 1.30 bits per heavy atom. The highest BCUT2D eigenvalue weighted by Gasteiger charge is 2.36. The van der Waals surface area contributed by atoms with E-state index in [4.69, 9.17) is 0 Å². The lowest BCUT2D eigenvalue weighted by molar-refractivity contribution is -0.393. The van der Waals surface area contributed by atoms with Gasteiger partial charge < -0.3 is 0 Å². The lowest BCUT2D eigenvalue weighted by atomic mass is 10.0. The molecule has 23 heavy (non-hydrogen) atoms. The zero-order chi connectivity index (χ0) is 16.9. The zero-order valence-electron chi connectivity index (χ0n) is 11.1. The van der Waals surface area contributed by atoms with Gasteiger partial charge in [0.2, 0.25) is 0 Å². The van der Waals surface area contributed by atoms with E-state index in [0.29, 0.717) is 0 Å². The average molecular weight is 316 g/mol. The van der Waals surface area contributed by atoms with Crippen LogP contribution in [0.5, 0.6) is 0 Å². The van der Waals surface area contributed by atoms with Gasteiger partial charge in [-0.2, -0.15) is 0 Å². The van der Waals surface area contributed by atoms with E-state index in [1.54, 1.807) is 0 Å². The monoisotopic (exact) mass is 316 g/mol. The molecule has 10 nitrogen and oxygen atoms in total. The summed E-state index contributed by atoms with van der Waals surface area (Å²) in [4.78, 5) is 42.8. The van der Waals surface area contributed by atoms with Gasteiger partial charge in [-0.3, -0.25) is 35.1 Å². The van der Waals surface area contributed by atoms with Crippen LogP contribution in [0.3, 0.4) is 0 Å². The summed E-state index contributed by atoms with van der Waals surface area (Å²) >= 11 is 0. The molecule has 0 saturated carbocycles. The smallest absolute Gasteiger partial charge is 0.284 e. The van der Waals surface area contributed by atoms with E-state index in [0.717, 1.165) is 24.3 Å². The molecule has 0 aromatic heterocycles. The molecule has 3 rings (SSSR count). The summed E-state index contributed by atoms with van der Waals surface area (Å²) in [5, 5.41) is 32.9. The first kappa shape index (κ1) is 14.3. The van der Waals surface area contributed by atoms with Crippen LogP contribution >= 0.6 is 0 Å². The zero-order valence-corrected chi connectivity index (χ0v) is 11.1. The molecule has 0 radical (unpaired) electrons. The lowest BCUT2D eigenvalue weighted by Gasteiger charge is -2.02. The molecule has 10 heteroatoms. The molecular formula is C13H5N3O7. The van der Waals surface area contributed by atoms with Crippen LogP contribution in [-0.4, -0.2) is 20.6 Å². The summed E-state index contributed by atoms with van der Waals surface area (Å²) < 4.78 is 0. The summed E-state index contributed by atoms with van der Waals surface area (Å²) in [6.07, 6.45) is 0. The van der Waals surface area contributed by atoms with Crippen molar-refractivity contribution in [1.29, 1.82) is 0 Å². The van der Waals surface area contributed by atoms with Gasteiger partial charge in [0.15, 0.2) is 5.78 Å². The van der Waals surface area contributed by atoms with Gasteiger partial charge in [0.1, 0.15) is 0 Å². The summed E-state index contributed by atoms with van der Waals surface area (Å²) in [5.41, 5.74) is -1.73. The Hall–Kier alpha value is -3.69. The number of carbonyl (C=O) groups excluding carboxylic acids is 1. The summed E-state index contributed by atoms with van der Waals surface area (Å²) in [6, 6.07) is 5.06. The molecule has 0 N–H and O–H groups in total. The van der Waals surface area contributed by atoms with Crippen LogP contribution in [0.4, 0.5) is 17.1 Å². The first-order chi connectivity index (χ1) is 10.8. The van der Waals surface area contributed by atoms with Gasteiger partial charge in [-0.05, 0) is 6.07 Å². The minimum atomic E-state index is -0.841. The topological polar surface area (TPSA) is 146 Å². The Balaban J connectivity index is 2.34. The number of fused-ring (bicyclic) bond motifs is 3. The van der Waals surface area contributed by atoms with Crippen LogP contribution in [0.1, 0.15) is 15.9 Å². The van der Waals surface area contributed by atoms with Crippen molar-refractivity contribution in [3.63, 3.8) is 0 Å². The fraction of sp³-hybridized carbons (Fsp3) is 0. The highest BCUT2D eigenvalue weighted by molar-refractivity contribution is 6.23. The number of nitro benzene ring substituents is 3. The number of carbonyl (C=O) groups is 1. The second-order valence-electron chi connectivity index (χ2n) is 4.72. The van der Waals surface area contributed by atoms with Crippen molar-refractivity contribution in [3.05, 3.63) is 71.8 Å². The summed E-state index contributed by atoms with van der Waals surface area (Å²) in [7, 11) is 0. The number of hydrogen-bond acceptors (Lipinski definition) is 7. The van der Waals surface area contributed by atoms with Crippen LogP contribution in [0.2, 0.25) is 0 Å². The van der Waals surface area contributed by atoms with Crippen molar-refractivity contribution in [2.45, 2.75) is 0 Å². The molecule has 1 aliphatic rings. The molecule has 1 aliphatic carbocycles. The van der Waals surface area contributed by atoms with E-state index in [2.05, 4.69) is 0 Å². The summed E-state index contributed by atoms with van der Waals surface area (Å²) in [6.45, 7) is 0. The Morgan fingerprint density at radius 3 is 1.87 bits per heavy atom. The molecule has 0 atom stereocenters. The molecule has 0 saturated heterocycles. The highest BCUT2D eigenvalue weighted by atomic mass is 16.9. The number of non-ortho nitro benzene ring substituents is 2. The first-order valence-corrected chi connectivity index (χ1v) is 6.11. The second-order valence-corrected chi connectivity index (χ2v) is 4.72. The maximum atomic E-state index is 12.3. The van der Waals surface area contributed by atoms with Gasteiger partial charge in [-0.1, -0.05) is 0 Å². The molecule has 0 spiro atoms. The van der Waals surface area contributed by atoms with Crippen molar-refractivity contribution in [1.82, 2.24) is 0 Å². The predicted molar refractivity (Wildman–Crippen MR) is 75.3 cm³/mol. The van der Waals surface area contributed by atoms with Gasteiger partial charge in [0.25, 0.3) is 17.1 Å². The van der Waals surface area contributed by atoms with E-state index in [1.165, 1.54) is 6.07 Å². The largest absolute Gasteiger partial charge is 0.289 e. The Morgan fingerprint density at radius 1 is 0.696 bits per heavy atom. The number of rotatable bonds is 3. The molecule has 0 aliphatic heterocycles. The standard InChI is InChI=1S/C13H5N3O7/c17-13-9-3-6(14(18)19)1-2-8(9)12-10(13)4-7(15(20)21)5-11(12)16(22)23/h1-5H/i16+1. The molecule has 0 amide bonds. The van der Waals surface area contributed by atoms with E-state index in [-0.39, 0.29) is 27.9 Å². The first-order valence-electron chi connectivity index (χ1n) is 6.11. The molecule has 114 valence electrons. The fourth-order valence-electron chi connectivity index (χ4n) is 2.52. The quantitative estimate of drug-likeness (QED) is 0.409. The van der Waals surface area contributed by atoms with Crippen molar-refractivity contribution >= 4 is 22.8 Å². The molecule has 2 aromatic rings. The Bertz CT molecular complexity index is 935. The van der Waals surface area contributed by atoms with Crippen LogP contribution in [0, 0.1) is 30.3 Å². The van der Waals surface area contributed by atoms with Crippen LogP contribution in [-0.2, 0) is 0 Å². The molecule has 0 bridgehead atoms. The number of hydrogen-bond donors (Lipinski definition) is 0. The van der Waals surface area contributed by atoms with E-state index in [9.17, 15) is 35.1 Å². The number of ketones is 1. The minimum Gasteiger partial charge on any atom is -0.289 e.